The molecule has 0 radical (unpaired) electrons. The average molecular weight is 1210 g/mol. The van der Waals surface area contributed by atoms with Gasteiger partial charge in [-0.2, -0.15) is 0 Å². The van der Waals surface area contributed by atoms with Crippen LogP contribution in [0.25, 0.3) is 0 Å². The maximum absolute atomic E-state index is 13.5. The number of unbranched alkanes of at least 4 members (excludes halogenated alkanes) is 24. The molecule has 11 nitrogen and oxygen atoms in total. The Labute approximate surface area is 531 Å². The number of ether oxygens (including phenoxy) is 3. The molecule has 0 aromatic carbocycles. The number of aliphatic hydroxyl groups excluding tert-OH is 5. The molecule has 11 heteroatoms. The summed E-state index contributed by atoms with van der Waals surface area (Å²) in [6.45, 7) is 5.56. The smallest absolute Gasteiger partial charge is 0.306 e. The molecule has 6 N–H and O–H groups in total. The van der Waals surface area contributed by atoms with E-state index in [1.54, 1.807) is 6.08 Å². The molecule has 0 bridgehead atoms. The zero-order chi connectivity index (χ0) is 63.1. The normalized spacial score (nSPS) is 19.1. The third-order valence-electron chi connectivity index (χ3n) is 15.5. The van der Waals surface area contributed by atoms with Gasteiger partial charge in [-0.05, 0) is 116 Å². The van der Waals surface area contributed by atoms with Crippen molar-refractivity contribution in [1.82, 2.24) is 5.32 Å². The summed E-state index contributed by atoms with van der Waals surface area (Å²) in [7, 11) is 0. The minimum Gasteiger partial charge on any atom is -0.454 e. The molecular formula is C76H127NO10. The number of rotatable bonds is 58. The van der Waals surface area contributed by atoms with Crippen LogP contribution >= 0.6 is 0 Å². The van der Waals surface area contributed by atoms with Gasteiger partial charge in [0.05, 0.1) is 25.4 Å². The van der Waals surface area contributed by atoms with Crippen molar-refractivity contribution in [3.05, 3.63) is 134 Å². The number of aliphatic hydroxyl groups is 5. The number of carbonyl (C=O) groups excluding carboxylic acids is 2. The van der Waals surface area contributed by atoms with Gasteiger partial charge < -0.3 is 45.1 Å². The van der Waals surface area contributed by atoms with Crippen LogP contribution in [-0.2, 0) is 23.8 Å². The van der Waals surface area contributed by atoms with Crippen molar-refractivity contribution in [2.45, 2.75) is 320 Å². The number of allylic oxidation sites excluding steroid dienone is 21. The van der Waals surface area contributed by atoms with Gasteiger partial charge in [0.15, 0.2) is 12.4 Å². The van der Waals surface area contributed by atoms with Crippen molar-refractivity contribution in [1.29, 1.82) is 0 Å². The molecule has 1 amide bonds. The largest absolute Gasteiger partial charge is 0.454 e. The highest BCUT2D eigenvalue weighted by Crippen LogP contribution is 2.26. The summed E-state index contributed by atoms with van der Waals surface area (Å²) in [6, 6.07) is -1.04. The Bertz CT molecular complexity index is 1930. The molecule has 0 saturated carbocycles. The second kappa shape index (κ2) is 62.0. The second-order valence-electron chi connectivity index (χ2n) is 23.5. The van der Waals surface area contributed by atoms with Gasteiger partial charge in [-0.1, -0.05) is 283 Å². The Balaban J connectivity index is 2.64. The highest BCUT2D eigenvalue weighted by molar-refractivity contribution is 5.80. The van der Waals surface area contributed by atoms with E-state index in [0.29, 0.717) is 12.8 Å². The first kappa shape index (κ1) is 80.8. The lowest BCUT2D eigenvalue weighted by Crippen LogP contribution is -2.61. The summed E-state index contributed by atoms with van der Waals surface area (Å²) >= 11 is 0. The number of hydrogen-bond donors (Lipinski definition) is 6. The molecule has 8 atom stereocenters. The van der Waals surface area contributed by atoms with Crippen LogP contribution in [0.1, 0.15) is 271 Å². The molecule has 0 aromatic rings. The van der Waals surface area contributed by atoms with E-state index >= 15 is 0 Å². The van der Waals surface area contributed by atoms with Gasteiger partial charge in [0.2, 0.25) is 5.91 Å². The fraction of sp³-hybridized carbons (Fsp3) is 0.684. The summed E-state index contributed by atoms with van der Waals surface area (Å²) in [5.41, 5.74) is 0. The highest BCUT2D eigenvalue weighted by Gasteiger charge is 2.47. The van der Waals surface area contributed by atoms with Gasteiger partial charge >= 0.3 is 5.97 Å². The van der Waals surface area contributed by atoms with Crippen molar-refractivity contribution in [2.75, 3.05) is 13.2 Å². The first-order valence-electron chi connectivity index (χ1n) is 35.0. The van der Waals surface area contributed by atoms with E-state index < -0.39 is 67.4 Å². The van der Waals surface area contributed by atoms with Crippen LogP contribution in [0.15, 0.2) is 134 Å². The first-order valence-corrected chi connectivity index (χ1v) is 35.0. The van der Waals surface area contributed by atoms with Gasteiger partial charge in [0.25, 0.3) is 0 Å². The maximum atomic E-state index is 13.5. The zero-order valence-electron chi connectivity index (χ0n) is 55.1. The maximum Gasteiger partial charge on any atom is 0.306 e. The lowest BCUT2D eigenvalue weighted by molar-refractivity contribution is -0.305. The second-order valence-corrected chi connectivity index (χ2v) is 23.5. The standard InChI is InChI=1S/C76H127NO10/c1-4-7-10-13-16-19-22-25-27-29-31-33-35-37-39-41-43-46-49-52-55-58-61-64-71(81)87-74-73(83)72(82)70(65-78)86-76(74)85-66-67(68(79)62-59-56-53-50-47-44-24-21-18-15-12-9-6-3)77-75(84)69(80)63-60-57-54-51-48-45-42-40-38-36-34-32-30-28-26-23-20-17-14-11-8-5-2/h7-8,10-11,16-17,19-20,25-28,31-34,37-40,59,62,67-70,72-74,76,78-80,82-83H,4-6,9,12-15,18,21-24,29-30,35-36,41-58,60-61,63-66H2,1-3H3,(H,77,84)/b10-7-,11-8-,19-16-,20-17-,27-25-,28-26-,33-31-,34-32-,39-37-,40-38-,62-59+. The number of esters is 1. The summed E-state index contributed by atoms with van der Waals surface area (Å²) < 4.78 is 17.7. The predicted molar refractivity (Wildman–Crippen MR) is 365 cm³/mol. The summed E-state index contributed by atoms with van der Waals surface area (Å²) in [5, 5.41) is 57.3. The van der Waals surface area contributed by atoms with Gasteiger partial charge in [-0.15, -0.1) is 0 Å². The predicted octanol–water partition coefficient (Wildman–Crippen LogP) is 18.0. The van der Waals surface area contributed by atoms with Crippen LogP contribution in [0.5, 0.6) is 0 Å². The van der Waals surface area contributed by atoms with Crippen LogP contribution in [-0.4, -0.2) is 99.6 Å². The van der Waals surface area contributed by atoms with Gasteiger partial charge in [0, 0.05) is 6.42 Å². The molecule has 1 rings (SSSR count). The van der Waals surface area contributed by atoms with E-state index in [1.165, 1.54) is 51.4 Å². The third kappa shape index (κ3) is 49.3. The van der Waals surface area contributed by atoms with Crippen LogP contribution in [0.2, 0.25) is 0 Å². The molecular weight excluding hydrogens is 1090 g/mol. The van der Waals surface area contributed by atoms with Crippen LogP contribution < -0.4 is 5.32 Å². The summed E-state index contributed by atoms with van der Waals surface area (Å²) in [4.78, 5) is 26.7. The fourth-order valence-electron chi connectivity index (χ4n) is 10.1. The Kier molecular flexibility index (Phi) is 57.6. The van der Waals surface area contributed by atoms with Crippen LogP contribution in [0.4, 0.5) is 0 Å². The van der Waals surface area contributed by atoms with Crippen molar-refractivity contribution < 1.29 is 49.3 Å². The van der Waals surface area contributed by atoms with E-state index in [9.17, 15) is 35.1 Å². The summed E-state index contributed by atoms with van der Waals surface area (Å²) in [5.74, 6) is -1.22. The van der Waals surface area contributed by atoms with Crippen molar-refractivity contribution >= 4 is 11.9 Å². The minimum absolute atomic E-state index is 0.102. The number of carbonyl (C=O) groups is 2. The van der Waals surface area contributed by atoms with E-state index in [2.05, 4.69) is 148 Å². The van der Waals surface area contributed by atoms with Crippen LogP contribution in [0.3, 0.4) is 0 Å². The van der Waals surface area contributed by atoms with Crippen LogP contribution in [0, 0.1) is 0 Å². The van der Waals surface area contributed by atoms with E-state index in [-0.39, 0.29) is 19.4 Å². The monoisotopic (exact) mass is 1210 g/mol. The SMILES string of the molecule is CC/C=C\C/C=C\C/C=C\C/C=C\C/C=C\CCCCCCCCCC(=O)OC1C(OCC(NC(=O)C(O)CCCCCCCC/C=C\C/C=C\C/C=C\C/C=C\C/C=C\CC)C(O)/C=C/CCCCCCCCCCCCC)OC(CO)C(O)C1O. The van der Waals surface area contributed by atoms with Gasteiger partial charge in [-0.25, -0.2) is 0 Å². The Morgan fingerprint density at radius 3 is 1.24 bits per heavy atom. The quantitative estimate of drug-likeness (QED) is 0.0195. The minimum atomic E-state index is -1.63. The molecule has 1 saturated heterocycles. The van der Waals surface area contributed by atoms with Gasteiger partial charge in [0.1, 0.15) is 24.4 Å². The highest BCUT2D eigenvalue weighted by atomic mass is 16.7. The molecule has 1 heterocycles. The molecule has 8 unspecified atom stereocenters. The number of hydrogen-bond acceptors (Lipinski definition) is 10. The lowest BCUT2D eigenvalue weighted by Gasteiger charge is -2.41. The van der Waals surface area contributed by atoms with Gasteiger partial charge in [-0.3, -0.25) is 9.59 Å². The molecule has 496 valence electrons. The zero-order valence-corrected chi connectivity index (χ0v) is 55.1. The third-order valence-corrected chi connectivity index (χ3v) is 15.5. The Morgan fingerprint density at radius 2 is 0.828 bits per heavy atom. The summed E-state index contributed by atoms with van der Waals surface area (Å²) in [6.07, 6.45) is 77.6. The van der Waals surface area contributed by atoms with E-state index in [1.807, 2.05) is 6.08 Å². The van der Waals surface area contributed by atoms with Crippen molar-refractivity contribution in [3.63, 3.8) is 0 Å². The van der Waals surface area contributed by atoms with Crippen molar-refractivity contribution in [3.8, 4) is 0 Å². The fourth-order valence-corrected chi connectivity index (χ4v) is 10.1. The molecule has 1 aliphatic heterocycles. The molecule has 1 fully saturated rings. The Hall–Kier alpha value is -4.20. The molecule has 0 aliphatic carbocycles. The molecule has 0 spiro atoms. The first-order chi connectivity index (χ1) is 42.7. The average Bonchev–Trinajstić information content (AvgIpc) is 2.32. The molecule has 1 aliphatic rings. The topological polar surface area (TPSA) is 175 Å². The number of amides is 1. The van der Waals surface area contributed by atoms with Crippen molar-refractivity contribution in [2.24, 2.45) is 0 Å². The Morgan fingerprint density at radius 1 is 0.460 bits per heavy atom. The van der Waals surface area contributed by atoms with E-state index in [4.69, 9.17) is 14.2 Å². The van der Waals surface area contributed by atoms with E-state index in [0.717, 1.165) is 173 Å². The molecule has 87 heavy (non-hydrogen) atoms. The molecule has 0 aromatic heterocycles. The lowest BCUT2D eigenvalue weighted by atomic mass is 9.99. The number of nitrogens with one attached hydrogen (secondary N) is 1.